The van der Waals surface area contributed by atoms with E-state index in [2.05, 4.69) is 58.0 Å². The summed E-state index contributed by atoms with van der Waals surface area (Å²) in [5.74, 6) is 0.801. The standard InChI is InChI=1S/C15H12N4/c1-10-16-17-18-19(10)13-6-7-15-12(9-13)8-11-4-2-3-5-14(11)15/h2-7,9H,8H2,1H3. The molecule has 0 fully saturated rings. The van der Waals surface area contributed by atoms with Crippen molar-refractivity contribution >= 4 is 0 Å². The molecule has 1 aromatic heterocycles. The predicted octanol–water partition coefficient (Wildman–Crippen LogP) is 2.54. The molecule has 0 amide bonds. The zero-order valence-electron chi connectivity index (χ0n) is 10.5. The second-order valence-electron chi connectivity index (χ2n) is 4.81. The summed E-state index contributed by atoms with van der Waals surface area (Å²) in [7, 11) is 0. The Kier molecular flexibility index (Phi) is 2.06. The summed E-state index contributed by atoms with van der Waals surface area (Å²) in [4.78, 5) is 0. The monoisotopic (exact) mass is 248 g/mol. The van der Waals surface area contributed by atoms with Crippen molar-refractivity contribution in [3.05, 3.63) is 59.4 Å². The minimum atomic E-state index is 0.801. The molecular formula is C15H12N4. The van der Waals surface area contributed by atoms with Gasteiger partial charge < -0.3 is 0 Å². The average Bonchev–Trinajstić information content (AvgIpc) is 3.01. The maximum Gasteiger partial charge on any atom is 0.153 e. The summed E-state index contributed by atoms with van der Waals surface area (Å²) in [5.41, 5.74) is 6.42. The Morgan fingerprint density at radius 1 is 1.00 bits per heavy atom. The van der Waals surface area contributed by atoms with Gasteiger partial charge in [0.25, 0.3) is 0 Å². The van der Waals surface area contributed by atoms with Gasteiger partial charge in [-0.3, -0.25) is 0 Å². The lowest BCUT2D eigenvalue weighted by Crippen LogP contribution is -2.00. The van der Waals surface area contributed by atoms with Crippen LogP contribution in [0, 0.1) is 6.92 Å². The van der Waals surface area contributed by atoms with Gasteiger partial charge in [0.2, 0.25) is 0 Å². The minimum Gasteiger partial charge on any atom is -0.198 e. The first-order valence-corrected chi connectivity index (χ1v) is 6.29. The van der Waals surface area contributed by atoms with Crippen LogP contribution < -0.4 is 0 Å². The van der Waals surface area contributed by atoms with Crippen LogP contribution in [-0.2, 0) is 6.42 Å². The molecule has 0 atom stereocenters. The Bertz CT molecular complexity index is 773. The molecule has 2 aromatic carbocycles. The van der Waals surface area contributed by atoms with Gasteiger partial charge in [-0.1, -0.05) is 30.3 Å². The molecule has 0 bridgehead atoms. The smallest absolute Gasteiger partial charge is 0.153 e. The molecule has 1 heterocycles. The van der Waals surface area contributed by atoms with Crippen LogP contribution in [0.4, 0.5) is 0 Å². The quantitative estimate of drug-likeness (QED) is 0.520. The lowest BCUT2D eigenvalue weighted by Gasteiger charge is -2.05. The second kappa shape index (κ2) is 3.75. The van der Waals surface area contributed by atoms with Crippen LogP contribution in [0.3, 0.4) is 0 Å². The van der Waals surface area contributed by atoms with Crippen molar-refractivity contribution in [3.8, 4) is 16.8 Å². The lowest BCUT2D eigenvalue weighted by molar-refractivity contribution is 0.779. The molecule has 4 rings (SSSR count). The summed E-state index contributed by atoms with van der Waals surface area (Å²) in [5, 5.41) is 11.6. The van der Waals surface area contributed by atoms with E-state index in [1.54, 1.807) is 4.68 Å². The highest BCUT2D eigenvalue weighted by molar-refractivity contribution is 5.77. The molecule has 0 unspecified atom stereocenters. The first-order valence-electron chi connectivity index (χ1n) is 6.29. The number of rotatable bonds is 1. The third kappa shape index (κ3) is 1.50. The Morgan fingerprint density at radius 3 is 2.68 bits per heavy atom. The van der Waals surface area contributed by atoms with Crippen molar-refractivity contribution in [2.45, 2.75) is 13.3 Å². The third-order valence-electron chi connectivity index (χ3n) is 3.65. The molecule has 0 aliphatic heterocycles. The Morgan fingerprint density at radius 2 is 1.84 bits per heavy atom. The molecule has 1 aliphatic rings. The number of fused-ring (bicyclic) bond motifs is 3. The molecule has 4 heteroatoms. The van der Waals surface area contributed by atoms with Crippen molar-refractivity contribution in [2.24, 2.45) is 0 Å². The molecule has 0 N–H and O–H groups in total. The van der Waals surface area contributed by atoms with Gasteiger partial charge in [-0.25, -0.2) is 0 Å². The van der Waals surface area contributed by atoms with Crippen LogP contribution >= 0.6 is 0 Å². The maximum atomic E-state index is 4.02. The Labute approximate surface area is 110 Å². The van der Waals surface area contributed by atoms with E-state index in [-0.39, 0.29) is 0 Å². The summed E-state index contributed by atoms with van der Waals surface area (Å²) in [6, 6.07) is 15.0. The van der Waals surface area contributed by atoms with E-state index < -0.39 is 0 Å². The summed E-state index contributed by atoms with van der Waals surface area (Å²) >= 11 is 0. The number of aromatic nitrogens is 4. The van der Waals surface area contributed by atoms with Crippen LogP contribution in [0.15, 0.2) is 42.5 Å². The van der Waals surface area contributed by atoms with Crippen molar-refractivity contribution in [3.63, 3.8) is 0 Å². The van der Waals surface area contributed by atoms with Crippen LogP contribution in [0.5, 0.6) is 0 Å². The summed E-state index contributed by atoms with van der Waals surface area (Å²) in [6.45, 7) is 1.90. The number of aryl methyl sites for hydroxylation is 1. The SMILES string of the molecule is Cc1nnnn1-c1ccc2c(c1)Cc1ccccc1-2. The predicted molar refractivity (Wildman–Crippen MR) is 72.1 cm³/mol. The topological polar surface area (TPSA) is 43.6 Å². The van der Waals surface area contributed by atoms with E-state index in [4.69, 9.17) is 0 Å². The Balaban J connectivity index is 1.86. The fourth-order valence-electron chi connectivity index (χ4n) is 2.73. The highest BCUT2D eigenvalue weighted by atomic mass is 15.5. The van der Waals surface area contributed by atoms with Crippen LogP contribution in [0.1, 0.15) is 17.0 Å². The van der Waals surface area contributed by atoms with Gasteiger partial charge >= 0.3 is 0 Å². The van der Waals surface area contributed by atoms with Gasteiger partial charge in [0.05, 0.1) is 5.69 Å². The molecular weight excluding hydrogens is 236 g/mol. The van der Waals surface area contributed by atoms with Crippen LogP contribution in [0.25, 0.3) is 16.8 Å². The zero-order chi connectivity index (χ0) is 12.8. The van der Waals surface area contributed by atoms with E-state index >= 15 is 0 Å². The molecule has 19 heavy (non-hydrogen) atoms. The lowest BCUT2D eigenvalue weighted by atomic mass is 10.1. The van der Waals surface area contributed by atoms with Gasteiger partial charge in [0.1, 0.15) is 0 Å². The van der Waals surface area contributed by atoms with E-state index in [0.717, 1.165) is 17.9 Å². The molecule has 3 aromatic rings. The van der Waals surface area contributed by atoms with Gasteiger partial charge in [-0.05, 0) is 58.2 Å². The van der Waals surface area contributed by atoms with Gasteiger partial charge in [0.15, 0.2) is 5.82 Å². The summed E-state index contributed by atoms with van der Waals surface area (Å²) < 4.78 is 1.77. The third-order valence-corrected chi connectivity index (χ3v) is 3.65. The molecule has 0 radical (unpaired) electrons. The van der Waals surface area contributed by atoms with E-state index in [9.17, 15) is 0 Å². The summed E-state index contributed by atoms with van der Waals surface area (Å²) in [6.07, 6.45) is 0.987. The molecule has 4 nitrogen and oxygen atoms in total. The highest BCUT2D eigenvalue weighted by Crippen LogP contribution is 2.37. The largest absolute Gasteiger partial charge is 0.198 e. The van der Waals surface area contributed by atoms with Crippen molar-refractivity contribution in [1.82, 2.24) is 20.2 Å². The molecule has 0 saturated carbocycles. The number of benzene rings is 2. The van der Waals surface area contributed by atoms with E-state index in [0.29, 0.717) is 0 Å². The second-order valence-corrected chi connectivity index (χ2v) is 4.81. The van der Waals surface area contributed by atoms with Crippen molar-refractivity contribution in [1.29, 1.82) is 0 Å². The number of hydrogen-bond acceptors (Lipinski definition) is 3. The minimum absolute atomic E-state index is 0.801. The number of nitrogens with zero attached hydrogens (tertiary/aromatic N) is 4. The van der Waals surface area contributed by atoms with Crippen molar-refractivity contribution < 1.29 is 0 Å². The maximum absolute atomic E-state index is 4.02. The zero-order valence-corrected chi connectivity index (χ0v) is 10.5. The van der Waals surface area contributed by atoms with Gasteiger partial charge in [-0.15, -0.1) is 5.10 Å². The average molecular weight is 248 g/mol. The van der Waals surface area contributed by atoms with Gasteiger partial charge in [0, 0.05) is 0 Å². The Hall–Kier alpha value is -2.49. The van der Waals surface area contributed by atoms with Crippen LogP contribution in [-0.4, -0.2) is 20.2 Å². The number of tetrazole rings is 1. The molecule has 0 spiro atoms. The van der Waals surface area contributed by atoms with Gasteiger partial charge in [-0.2, -0.15) is 4.68 Å². The fourth-order valence-corrected chi connectivity index (χ4v) is 2.73. The highest BCUT2D eigenvalue weighted by Gasteiger charge is 2.18. The van der Waals surface area contributed by atoms with Crippen molar-refractivity contribution in [2.75, 3.05) is 0 Å². The first kappa shape index (κ1) is 10.4. The molecule has 1 aliphatic carbocycles. The van der Waals surface area contributed by atoms with E-state index in [1.165, 1.54) is 22.3 Å². The number of hydrogen-bond donors (Lipinski definition) is 0. The molecule has 0 saturated heterocycles. The fraction of sp³-hybridized carbons (Fsp3) is 0.133. The first-order chi connectivity index (χ1) is 9.33. The normalized spacial score (nSPS) is 12.3. The van der Waals surface area contributed by atoms with Crippen LogP contribution in [0.2, 0.25) is 0 Å². The van der Waals surface area contributed by atoms with E-state index in [1.807, 2.05) is 6.92 Å². The molecule has 92 valence electrons.